The number of Topliss-reactive ketones (excluding diaryl/α,β-unsaturated/α-hetero) is 1. The maximum atomic E-state index is 13.0. The molecule has 3 N–H and O–H groups in total. The lowest BCUT2D eigenvalue weighted by molar-refractivity contribution is 0.0994. The van der Waals surface area contributed by atoms with Crippen LogP contribution in [0.4, 0.5) is 11.5 Å². The van der Waals surface area contributed by atoms with Crippen LogP contribution >= 0.6 is 0 Å². The van der Waals surface area contributed by atoms with E-state index in [2.05, 4.69) is 11.9 Å². The largest absolute Gasteiger partial charge is 0.384 e. The van der Waals surface area contributed by atoms with Crippen molar-refractivity contribution in [1.82, 2.24) is 9.55 Å². The fraction of sp³-hybridized carbons (Fsp3) is 0.421. The highest BCUT2D eigenvalue weighted by atomic mass is 16.5. The third-order valence-corrected chi connectivity index (χ3v) is 5.02. The minimum atomic E-state index is -0.755. The first-order chi connectivity index (χ1) is 12.9. The molecule has 1 unspecified atom stereocenters. The topological polar surface area (TPSA) is 110 Å². The quantitative estimate of drug-likeness (QED) is 0.726. The number of carbonyl (C=O) groups excluding carboxylic acids is 1. The number of ether oxygens (including phenoxy) is 1. The zero-order valence-electron chi connectivity index (χ0n) is 15.5. The number of H-pyrrole nitrogens is 1. The van der Waals surface area contributed by atoms with Crippen LogP contribution in [0.25, 0.3) is 0 Å². The summed E-state index contributed by atoms with van der Waals surface area (Å²) in [5.74, 6) is -0.535. The zero-order chi connectivity index (χ0) is 19.6. The number of benzene rings is 1. The lowest BCUT2D eigenvalue weighted by Crippen LogP contribution is -2.43. The Morgan fingerprint density at radius 2 is 2.07 bits per heavy atom. The molecule has 1 aromatic heterocycles. The number of nitrogen functional groups attached to an aromatic ring is 1. The normalized spacial score (nSPS) is 16.2. The van der Waals surface area contributed by atoms with Crippen LogP contribution in [0.15, 0.2) is 33.9 Å². The third kappa shape index (κ3) is 3.66. The number of hydrogen-bond donors (Lipinski definition) is 2. The maximum absolute atomic E-state index is 13.0. The van der Waals surface area contributed by atoms with Crippen LogP contribution in [-0.4, -0.2) is 41.6 Å². The van der Waals surface area contributed by atoms with Crippen LogP contribution in [-0.2, 0) is 17.7 Å². The number of aromatic nitrogens is 2. The first kappa shape index (κ1) is 18.9. The molecule has 1 aromatic carbocycles. The van der Waals surface area contributed by atoms with Gasteiger partial charge < -0.3 is 15.4 Å². The summed E-state index contributed by atoms with van der Waals surface area (Å²) in [6.07, 6.45) is 1.87. The van der Waals surface area contributed by atoms with Gasteiger partial charge in [0.25, 0.3) is 5.56 Å². The molecule has 2 heterocycles. The SMILES string of the molecule is COCCn1c(N)c(C(=O)CN2c3ccccc3CCC2C)c(=O)[nH]c1=O. The summed E-state index contributed by atoms with van der Waals surface area (Å²) in [5, 5.41) is 0. The highest BCUT2D eigenvalue weighted by molar-refractivity contribution is 6.02. The molecule has 144 valence electrons. The Balaban J connectivity index is 1.95. The number of aryl methyl sites for hydroxylation is 1. The number of anilines is 2. The molecular weight excluding hydrogens is 348 g/mol. The summed E-state index contributed by atoms with van der Waals surface area (Å²) in [6.45, 7) is 2.46. The van der Waals surface area contributed by atoms with Gasteiger partial charge in [-0.1, -0.05) is 18.2 Å². The highest BCUT2D eigenvalue weighted by Gasteiger charge is 2.27. The molecule has 0 saturated heterocycles. The highest BCUT2D eigenvalue weighted by Crippen LogP contribution is 2.30. The van der Waals surface area contributed by atoms with Crippen molar-refractivity contribution in [3.63, 3.8) is 0 Å². The number of fused-ring (bicyclic) bond motifs is 1. The number of nitrogens with one attached hydrogen (secondary N) is 1. The third-order valence-electron chi connectivity index (χ3n) is 5.02. The van der Waals surface area contributed by atoms with E-state index in [0.717, 1.165) is 23.1 Å². The van der Waals surface area contributed by atoms with Crippen molar-refractivity contribution in [2.24, 2.45) is 0 Å². The van der Waals surface area contributed by atoms with Crippen LogP contribution in [0.5, 0.6) is 0 Å². The second-order valence-corrected chi connectivity index (χ2v) is 6.73. The van der Waals surface area contributed by atoms with E-state index in [-0.39, 0.29) is 37.1 Å². The van der Waals surface area contributed by atoms with Gasteiger partial charge in [0, 0.05) is 18.8 Å². The number of aromatic amines is 1. The van der Waals surface area contributed by atoms with Crippen molar-refractivity contribution >= 4 is 17.3 Å². The predicted molar refractivity (Wildman–Crippen MR) is 104 cm³/mol. The lowest BCUT2D eigenvalue weighted by atomic mass is 9.96. The van der Waals surface area contributed by atoms with Gasteiger partial charge in [0.05, 0.1) is 19.7 Å². The fourth-order valence-electron chi connectivity index (χ4n) is 3.50. The standard InChI is InChI=1S/C19H24N4O4/c1-12-7-8-13-5-3-4-6-14(13)23(12)11-15(24)16-17(20)22(9-10-27-2)19(26)21-18(16)25/h3-6,12H,7-11,20H2,1-2H3,(H,21,25,26). The predicted octanol–water partition coefficient (Wildman–Crippen LogP) is 0.789. The first-order valence-corrected chi connectivity index (χ1v) is 8.93. The Hall–Kier alpha value is -2.87. The van der Waals surface area contributed by atoms with Crippen LogP contribution in [0.2, 0.25) is 0 Å². The molecule has 0 spiro atoms. The molecule has 0 aliphatic carbocycles. The van der Waals surface area contributed by atoms with Gasteiger partial charge in [-0.3, -0.25) is 19.1 Å². The van der Waals surface area contributed by atoms with Gasteiger partial charge in [0.2, 0.25) is 0 Å². The Kier molecular flexibility index (Phi) is 5.46. The first-order valence-electron chi connectivity index (χ1n) is 8.93. The molecule has 27 heavy (non-hydrogen) atoms. The monoisotopic (exact) mass is 372 g/mol. The van der Waals surface area contributed by atoms with Gasteiger partial charge >= 0.3 is 5.69 Å². The van der Waals surface area contributed by atoms with Crippen molar-refractivity contribution in [3.05, 3.63) is 56.2 Å². The van der Waals surface area contributed by atoms with Gasteiger partial charge in [-0.15, -0.1) is 0 Å². The molecule has 1 atom stereocenters. The number of para-hydroxylation sites is 1. The van der Waals surface area contributed by atoms with Gasteiger partial charge in [-0.2, -0.15) is 0 Å². The molecule has 3 rings (SSSR count). The van der Waals surface area contributed by atoms with E-state index >= 15 is 0 Å². The molecule has 0 fully saturated rings. The molecule has 2 aromatic rings. The summed E-state index contributed by atoms with van der Waals surface area (Å²) in [5.41, 5.74) is 6.59. The molecule has 1 aliphatic rings. The molecule has 8 heteroatoms. The molecule has 0 radical (unpaired) electrons. The molecular formula is C19H24N4O4. The summed E-state index contributed by atoms with van der Waals surface area (Å²) in [7, 11) is 1.49. The number of methoxy groups -OCH3 is 1. The average molecular weight is 372 g/mol. The van der Waals surface area contributed by atoms with E-state index < -0.39 is 17.0 Å². The van der Waals surface area contributed by atoms with E-state index in [0.29, 0.717) is 0 Å². The van der Waals surface area contributed by atoms with Gasteiger partial charge in [-0.25, -0.2) is 4.79 Å². The number of rotatable bonds is 6. The van der Waals surface area contributed by atoms with Crippen molar-refractivity contribution < 1.29 is 9.53 Å². The number of hydrogen-bond acceptors (Lipinski definition) is 6. The second-order valence-electron chi connectivity index (χ2n) is 6.73. The minimum Gasteiger partial charge on any atom is -0.384 e. The maximum Gasteiger partial charge on any atom is 0.330 e. The number of nitrogens with zero attached hydrogens (tertiary/aromatic N) is 2. The summed E-state index contributed by atoms with van der Waals surface area (Å²) in [4.78, 5) is 41.4. The second kappa shape index (κ2) is 7.79. The van der Waals surface area contributed by atoms with E-state index in [1.165, 1.54) is 12.7 Å². The van der Waals surface area contributed by atoms with Crippen LogP contribution in [0.3, 0.4) is 0 Å². The van der Waals surface area contributed by atoms with Crippen molar-refractivity contribution in [2.75, 3.05) is 30.9 Å². The smallest absolute Gasteiger partial charge is 0.330 e. The summed E-state index contributed by atoms with van der Waals surface area (Å²) < 4.78 is 6.12. The number of nitrogens with two attached hydrogens (primary N) is 1. The minimum absolute atomic E-state index is 0.0218. The van der Waals surface area contributed by atoms with E-state index in [9.17, 15) is 14.4 Å². The molecule has 8 nitrogen and oxygen atoms in total. The lowest BCUT2D eigenvalue weighted by Gasteiger charge is -2.36. The van der Waals surface area contributed by atoms with Gasteiger partial charge in [0.1, 0.15) is 11.4 Å². The van der Waals surface area contributed by atoms with E-state index in [4.69, 9.17) is 10.5 Å². The van der Waals surface area contributed by atoms with Gasteiger partial charge in [0.15, 0.2) is 5.78 Å². The Bertz CT molecular complexity index is 963. The molecule has 1 aliphatic heterocycles. The van der Waals surface area contributed by atoms with Crippen molar-refractivity contribution in [1.29, 1.82) is 0 Å². The Morgan fingerprint density at radius 3 is 2.81 bits per heavy atom. The molecule has 0 amide bonds. The van der Waals surface area contributed by atoms with Gasteiger partial charge in [-0.05, 0) is 31.4 Å². The van der Waals surface area contributed by atoms with Crippen molar-refractivity contribution in [2.45, 2.75) is 32.4 Å². The summed E-state index contributed by atoms with van der Waals surface area (Å²) >= 11 is 0. The number of carbonyl (C=O) groups is 1. The van der Waals surface area contributed by atoms with Crippen molar-refractivity contribution in [3.8, 4) is 0 Å². The number of ketones is 1. The molecule has 0 saturated carbocycles. The fourth-order valence-corrected chi connectivity index (χ4v) is 3.50. The Morgan fingerprint density at radius 1 is 1.33 bits per heavy atom. The average Bonchev–Trinajstić information content (AvgIpc) is 2.63. The van der Waals surface area contributed by atoms with E-state index in [1.54, 1.807) is 0 Å². The van der Waals surface area contributed by atoms with Crippen LogP contribution < -0.4 is 21.9 Å². The van der Waals surface area contributed by atoms with Crippen LogP contribution in [0, 0.1) is 0 Å². The molecule has 0 bridgehead atoms. The van der Waals surface area contributed by atoms with Crippen LogP contribution in [0.1, 0.15) is 29.3 Å². The van der Waals surface area contributed by atoms with E-state index in [1.807, 2.05) is 29.2 Å². The summed E-state index contributed by atoms with van der Waals surface area (Å²) in [6, 6.07) is 8.09. The zero-order valence-corrected chi connectivity index (χ0v) is 15.5. The Labute approximate surface area is 156 Å².